The van der Waals surface area contributed by atoms with Crippen molar-refractivity contribution in [3.8, 4) is 11.5 Å². The van der Waals surface area contributed by atoms with Crippen molar-refractivity contribution in [1.29, 1.82) is 0 Å². The number of fused-ring (bicyclic) bond motifs is 3. The number of benzene rings is 2. The lowest BCUT2D eigenvalue weighted by atomic mass is 10.1. The van der Waals surface area contributed by atoms with Crippen molar-refractivity contribution in [3.63, 3.8) is 0 Å². The molecule has 0 amide bonds. The molecule has 0 aliphatic heterocycles. The first-order chi connectivity index (χ1) is 15.2. The molecule has 2 aromatic carbocycles. The lowest BCUT2D eigenvalue weighted by molar-refractivity contribution is 0.269. The molecule has 1 unspecified atom stereocenters. The second-order valence-electron chi connectivity index (χ2n) is 7.06. The normalized spacial score (nSPS) is 11.0. The lowest BCUT2D eigenvalue weighted by Gasteiger charge is -2.10. The summed E-state index contributed by atoms with van der Waals surface area (Å²) in [6.45, 7) is 0.964. The minimum absolute atomic E-state index is 0. The lowest BCUT2D eigenvalue weighted by Crippen LogP contribution is -2.04. The fourth-order valence-corrected chi connectivity index (χ4v) is 3.46. The summed E-state index contributed by atoms with van der Waals surface area (Å²) in [4.78, 5) is 22.9. The van der Waals surface area contributed by atoms with Crippen LogP contribution in [0, 0.1) is 0 Å². The van der Waals surface area contributed by atoms with E-state index in [-0.39, 0.29) is 15.5 Å². The van der Waals surface area contributed by atoms with Gasteiger partial charge in [0.05, 0.1) is 30.2 Å². The third kappa shape index (κ3) is 4.39. The topological polar surface area (TPSA) is 92.0 Å². The quantitative estimate of drug-likeness (QED) is 0.196. The van der Waals surface area contributed by atoms with Gasteiger partial charge in [0.1, 0.15) is 28.2 Å². The van der Waals surface area contributed by atoms with Crippen molar-refractivity contribution in [3.05, 3.63) is 81.7 Å². The van der Waals surface area contributed by atoms with Gasteiger partial charge in [0, 0.05) is 29.7 Å². The smallest absolute Gasteiger partial charge is 0.336 e. The molecule has 0 aliphatic carbocycles. The van der Waals surface area contributed by atoms with Gasteiger partial charge < -0.3 is 22.7 Å². The average molecular weight is 452 g/mol. The molecule has 0 fully saturated rings. The maximum Gasteiger partial charge on any atom is 0.336 e. The highest BCUT2D eigenvalue weighted by Gasteiger charge is 2.13. The van der Waals surface area contributed by atoms with Gasteiger partial charge in [0.2, 0.25) is 0 Å². The third-order valence-corrected chi connectivity index (χ3v) is 4.96. The Kier molecular flexibility index (Phi) is 6.28. The average Bonchev–Trinajstić information content (AvgIpc) is 3.23. The summed E-state index contributed by atoms with van der Waals surface area (Å²) in [5.41, 5.74) is 0.718. The van der Waals surface area contributed by atoms with Crippen LogP contribution in [-0.4, -0.2) is 13.2 Å². The molecule has 1 atom stereocenters. The molecule has 0 spiro atoms. The van der Waals surface area contributed by atoms with Crippen LogP contribution in [0.3, 0.4) is 0 Å². The van der Waals surface area contributed by atoms with E-state index in [1.807, 2.05) is 18.2 Å². The molecule has 0 aliphatic rings. The summed E-state index contributed by atoms with van der Waals surface area (Å²) in [6.07, 6.45) is 3.11. The van der Waals surface area contributed by atoms with Crippen LogP contribution < -0.4 is 20.7 Å². The standard InChI is InChI=1S/C24H18O7.H3P/c25-22-7-4-15-3-5-16(13-19(15)30-22)27-10-1-2-11-29-24-17-6-8-23(26)31-21(17)14-20-18(24)9-12-28-20;/h3-9,12-14H,1-2,10-11H2;1H3. The Hall–Kier alpha value is -3.57. The van der Waals surface area contributed by atoms with Gasteiger partial charge in [-0.2, -0.15) is 9.90 Å². The molecule has 7 nitrogen and oxygen atoms in total. The van der Waals surface area contributed by atoms with E-state index in [1.165, 1.54) is 12.1 Å². The molecule has 5 rings (SSSR count). The Labute approximate surface area is 185 Å². The van der Waals surface area contributed by atoms with Crippen LogP contribution in [-0.2, 0) is 0 Å². The minimum Gasteiger partial charge on any atom is -0.493 e. The molecule has 3 heterocycles. The van der Waals surface area contributed by atoms with E-state index in [0.717, 1.165) is 29.0 Å². The van der Waals surface area contributed by atoms with Crippen LogP contribution in [0.1, 0.15) is 12.8 Å². The summed E-state index contributed by atoms with van der Waals surface area (Å²) in [6, 6.07) is 15.1. The molecule has 3 aromatic heterocycles. The second-order valence-corrected chi connectivity index (χ2v) is 7.06. The number of unbranched alkanes of at least 4 members (excludes halogenated alkanes) is 1. The number of hydrogen-bond donors (Lipinski definition) is 0. The number of ether oxygens (including phenoxy) is 2. The predicted octanol–water partition coefficient (Wildman–Crippen LogP) is 4.94. The molecule has 0 bridgehead atoms. The van der Waals surface area contributed by atoms with E-state index in [9.17, 15) is 9.59 Å². The molecular weight excluding hydrogens is 431 g/mol. The van der Waals surface area contributed by atoms with E-state index in [2.05, 4.69) is 0 Å². The van der Waals surface area contributed by atoms with Crippen LogP contribution in [0.25, 0.3) is 32.9 Å². The monoisotopic (exact) mass is 452 g/mol. The Balaban J connectivity index is 0.00000245. The van der Waals surface area contributed by atoms with Crippen LogP contribution >= 0.6 is 9.90 Å². The summed E-state index contributed by atoms with van der Waals surface area (Å²) in [5.74, 6) is 1.28. The van der Waals surface area contributed by atoms with E-state index in [4.69, 9.17) is 22.7 Å². The number of hydrogen-bond acceptors (Lipinski definition) is 7. The van der Waals surface area contributed by atoms with E-state index < -0.39 is 5.63 Å². The first-order valence-electron chi connectivity index (χ1n) is 9.91. The maximum absolute atomic E-state index is 11.5. The third-order valence-electron chi connectivity index (χ3n) is 4.96. The molecule has 0 radical (unpaired) electrons. The van der Waals surface area contributed by atoms with E-state index in [1.54, 1.807) is 30.5 Å². The zero-order valence-corrected chi connectivity index (χ0v) is 18.6. The first-order valence-corrected chi connectivity index (χ1v) is 9.91. The van der Waals surface area contributed by atoms with Crippen LogP contribution in [0.5, 0.6) is 11.5 Å². The van der Waals surface area contributed by atoms with Gasteiger partial charge in [-0.3, -0.25) is 0 Å². The van der Waals surface area contributed by atoms with Crippen molar-refractivity contribution in [2.75, 3.05) is 13.2 Å². The molecule has 0 N–H and O–H groups in total. The SMILES string of the molecule is O=c1ccc2ccc(OCCCCOc3c4ccoc4cc4oc(=O)ccc34)cc2o1.P. The van der Waals surface area contributed by atoms with E-state index >= 15 is 0 Å². The number of furan rings is 1. The van der Waals surface area contributed by atoms with Gasteiger partial charge in [0.15, 0.2) is 0 Å². The molecule has 164 valence electrons. The van der Waals surface area contributed by atoms with Crippen LogP contribution in [0.2, 0.25) is 0 Å². The fraction of sp³-hybridized carbons (Fsp3) is 0.167. The molecule has 0 saturated heterocycles. The summed E-state index contributed by atoms with van der Waals surface area (Å²) < 4.78 is 27.7. The highest BCUT2D eigenvalue weighted by molar-refractivity contribution is 6.92. The van der Waals surface area contributed by atoms with Gasteiger partial charge in [-0.05, 0) is 43.2 Å². The summed E-state index contributed by atoms with van der Waals surface area (Å²) >= 11 is 0. The van der Waals surface area contributed by atoms with Crippen LogP contribution in [0.4, 0.5) is 0 Å². The van der Waals surface area contributed by atoms with Crippen molar-refractivity contribution in [2.24, 2.45) is 0 Å². The predicted molar refractivity (Wildman–Crippen MR) is 126 cm³/mol. The van der Waals surface area contributed by atoms with Gasteiger partial charge in [0.25, 0.3) is 0 Å². The molecular formula is C24H21O7P. The van der Waals surface area contributed by atoms with Crippen molar-refractivity contribution in [1.82, 2.24) is 0 Å². The summed E-state index contributed by atoms with van der Waals surface area (Å²) in [5, 5.41) is 2.40. The minimum atomic E-state index is -0.422. The Morgan fingerprint density at radius 1 is 0.688 bits per heavy atom. The van der Waals surface area contributed by atoms with Gasteiger partial charge in [-0.1, -0.05) is 0 Å². The maximum atomic E-state index is 11.5. The Morgan fingerprint density at radius 2 is 1.38 bits per heavy atom. The van der Waals surface area contributed by atoms with Gasteiger partial charge in [-0.15, -0.1) is 0 Å². The zero-order chi connectivity index (χ0) is 21.2. The highest BCUT2D eigenvalue weighted by atomic mass is 31.0. The highest BCUT2D eigenvalue weighted by Crippen LogP contribution is 2.35. The van der Waals surface area contributed by atoms with Crippen molar-refractivity contribution < 1.29 is 22.7 Å². The second kappa shape index (κ2) is 9.28. The van der Waals surface area contributed by atoms with Crippen molar-refractivity contribution in [2.45, 2.75) is 12.8 Å². The summed E-state index contributed by atoms with van der Waals surface area (Å²) in [7, 11) is 0. The Bertz CT molecular complexity index is 1500. The molecule has 5 aromatic rings. The fourth-order valence-electron chi connectivity index (χ4n) is 3.46. The molecule has 0 saturated carbocycles. The first kappa shape index (κ1) is 21.7. The zero-order valence-electron chi connectivity index (χ0n) is 17.2. The Morgan fingerprint density at radius 3 is 2.22 bits per heavy atom. The van der Waals surface area contributed by atoms with Crippen molar-refractivity contribution >= 4 is 42.8 Å². The number of rotatable bonds is 7. The molecule has 8 heteroatoms. The van der Waals surface area contributed by atoms with Gasteiger partial charge in [-0.25, -0.2) is 9.59 Å². The van der Waals surface area contributed by atoms with Gasteiger partial charge >= 0.3 is 11.3 Å². The van der Waals surface area contributed by atoms with E-state index in [0.29, 0.717) is 41.5 Å². The molecule has 32 heavy (non-hydrogen) atoms. The van der Waals surface area contributed by atoms with Crippen LogP contribution in [0.15, 0.2) is 83.7 Å². The largest absolute Gasteiger partial charge is 0.493 e.